The van der Waals surface area contributed by atoms with Crippen molar-refractivity contribution >= 4 is 17.6 Å². The molecule has 150 valence electrons. The van der Waals surface area contributed by atoms with Gasteiger partial charge in [0.2, 0.25) is 0 Å². The maximum atomic E-state index is 11.5. The van der Waals surface area contributed by atoms with E-state index in [4.69, 9.17) is 9.26 Å². The first-order valence-corrected chi connectivity index (χ1v) is 8.85. The third-order valence-electron chi connectivity index (χ3n) is 4.49. The summed E-state index contributed by atoms with van der Waals surface area (Å²) in [7, 11) is 1.55. The Kier molecular flexibility index (Phi) is 6.45. The lowest BCUT2D eigenvalue weighted by atomic mass is 10.0. The average molecular weight is 388 g/mol. The Morgan fingerprint density at radius 1 is 1.18 bits per heavy atom. The van der Waals surface area contributed by atoms with Crippen molar-refractivity contribution in [2.45, 2.75) is 34.1 Å². The third kappa shape index (κ3) is 3.85. The van der Waals surface area contributed by atoms with Gasteiger partial charge in [-0.15, -0.1) is 0 Å². The molecule has 8 heteroatoms. The van der Waals surface area contributed by atoms with E-state index in [1.54, 1.807) is 38.0 Å². The Morgan fingerprint density at radius 3 is 2.25 bits per heavy atom. The van der Waals surface area contributed by atoms with Crippen LogP contribution >= 0.6 is 0 Å². The minimum absolute atomic E-state index is 0.220. The maximum absolute atomic E-state index is 11.5. The smallest absolute Gasteiger partial charge is 0.344 e. The summed E-state index contributed by atoms with van der Waals surface area (Å²) >= 11 is 0. The molecule has 0 atom stereocenters. The molecule has 0 radical (unpaired) electrons. The second-order valence-corrected chi connectivity index (χ2v) is 6.11. The first kappa shape index (κ1) is 21.0. The van der Waals surface area contributed by atoms with Gasteiger partial charge in [0.25, 0.3) is 0 Å². The first-order chi connectivity index (χ1) is 13.3. The van der Waals surface area contributed by atoms with Crippen LogP contribution in [0.2, 0.25) is 0 Å². The molecule has 0 saturated carbocycles. The van der Waals surface area contributed by atoms with Crippen molar-refractivity contribution in [1.29, 1.82) is 0 Å². The molecule has 2 aromatic rings. The van der Waals surface area contributed by atoms with Gasteiger partial charge in [-0.3, -0.25) is 0 Å². The van der Waals surface area contributed by atoms with Crippen LogP contribution in [0.1, 0.15) is 31.7 Å². The lowest BCUT2D eigenvalue weighted by Crippen LogP contribution is -2.28. The summed E-state index contributed by atoms with van der Waals surface area (Å²) in [5.74, 6) is -1.71. The molecular weight excluding hydrogens is 364 g/mol. The molecule has 0 unspecified atom stereocenters. The highest BCUT2D eigenvalue weighted by atomic mass is 16.5. The highest BCUT2D eigenvalue weighted by molar-refractivity contribution is 6.13. The molecule has 0 saturated heterocycles. The number of anilines is 1. The summed E-state index contributed by atoms with van der Waals surface area (Å²) in [6, 6.07) is 5.35. The van der Waals surface area contributed by atoms with Crippen LogP contribution in [-0.4, -0.2) is 41.0 Å². The zero-order chi connectivity index (χ0) is 21.0. The number of aliphatic carboxylic acids is 2. The van der Waals surface area contributed by atoms with Gasteiger partial charge in [0, 0.05) is 23.5 Å². The van der Waals surface area contributed by atoms with Crippen LogP contribution < -0.4 is 9.64 Å². The molecular formula is C20H24N2O6. The van der Waals surface area contributed by atoms with Crippen LogP contribution in [0, 0.1) is 13.8 Å². The van der Waals surface area contributed by atoms with E-state index in [0.29, 0.717) is 29.4 Å². The number of hydrogen-bond donors (Lipinski definition) is 2. The van der Waals surface area contributed by atoms with Gasteiger partial charge in [0.05, 0.1) is 18.4 Å². The highest BCUT2D eigenvalue weighted by Gasteiger charge is 2.26. The number of carboxylic acids is 2. The molecule has 28 heavy (non-hydrogen) atoms. The van der Waals surface area contributed by atoms with Crippen molar-refractivity contribution in [3.8, 4) is 16.9 Å². The van der Waals surface area contributed by atoms with Crippen molar-refractivity contribution in [2.24, 2.45) is 0 Å². The number of nitrogens with zero attached hydrogens (tertiary/aromatic N) is 2. The molecule has 0 bridgehead atoms. The van der Waals surface area contributed by atoms with Crippen molar-refractivity contribution < 1.29 is 29.1 Å². The molecule has 1 heterocycles. The summed E-state index contributed by atoms with van der Waals surface area (Å²) in [6.07, 6.45) is 0.245. The molecule has 1 aromatic carbocycles. The fourth-order valence-corrected chi connectivity index (χ4v) is 3.30. The van der Waals surface area contributed by atoms with Crippen molar-refractivity contribution in [3.05, 3.63) is 40.9 Å². The lowest BCUT2D eigenvalue weighted by molar-refractivity contribution is -0.140. The van der Waals surface area contributed by atoms with E-state index >= 15 is 0 Å². The van der Waals surface area contributed by atoms with E-state index in [2.05, 4.69) is 5.16 Å². The number of rotatable bonds is 8. The minimum Gasteiger partial charge on any atom is -0.496 e. The first-order valence-electron chi connectivity index (χ1n) is 8.85. The van der Waals surface area contributed by atoms with Gasteiger partial charge in [-0.05, 0) is 45.4 Å². The van der Waals surface area contributed by atoms with Crippen LogP contribution in [-0.2, 0) is 9.59 Å². The van der Waals surface area contributed by atoms with Crippen LogP contribution in [0.15, 0.2) is 34.0 Å². The molecule has 0 aliphatic carbocycles. The van der Waals surface area contributed by atoms with Crippen LogP contribution in [0.3, 0.4) is 0 Å². The molecule has 0 amide bonds. The van der Waals surface area contributed by atoms with E-state index in [0.717, 1.165) is 11.1 Å². The summed E-state index contributed by atoms with van der Waals surface area (Å²) in [4.78, 5) is 24.7. The van der Waals surface area contributed by atoms with E-state index in [9.17, 15) is 19.8 Å². The standard InChI is InChI=1S/C20H24N2O6/c1-6-15(18(19(23)24)20(25)26)22(7-2)13-8-9-16(27-5)14(10-13)17-11(3)21-28-12(17)4/h8-10H,6-7H2,1-5H3,(H,23,24)(H,25,26). The predicted molar refractivity (Wildman–Crippen MR) is 104 cm³/mol. The zero-order valence-electron chi connectivity index (χ0n) is 16.6. The quantitative estimate of drug-likeness (QED) is 0.400. The topological polar surface area (TPSA) is 113 Å². The summed E-state index contributed by atoms with van der Waals surface area (Å²) < 4.78 is 10.7. The molecule has 2 rings (SSSR count). The van der Waals surface area contributed by atoms with E-state index in [-0.39, 0.29) is 12.1 Å². The van der Waals surface area contributed by atoms with Crippen molar-refractivity contribution in [1.82, 2.24) is 5.16 Å². The second kappa shape index (κ2) is 8.60. The van der Waals surface area contributed by atoms with Gasteiger partial charge in [-0.25, -0.2) is 9.59 Å². The number of ether oxygens (including phenoxy) is 1. The lowest BCUT2D eigenvalue weighted by Gasteiger charge is -2.27. The van der Waals surface area contributed by atoms with Crippen LogP contribution in [0.5, 0.6) is 5.75 Å². The van der Waals surface area contributed by atoms with Gasteiger partial charge in [-0.2, -0.15) is 0 Å². The SMILES string of the molecule is CCC(=C(C(=O)O)C(=O)O)N(CC)c1ccc(OC)c(-c2c(C)noc2C)c1. The summed E-state index contributed by atoms with van der Waals surface area (Å²) in [6.45, 7) is 7.56. The highest BCUT2D eigenvalue weighted by Crippen LogP contribution is 2.38. The Bertz CT molecular complexity index is 893. The predicted octanol–water partition coefficient (Wildman–Crippen LogP) is 3.63. The molecule has 8 nitrogen and oxygen atoms in total. The summed E-state index contributed by atoms with van der Waals surface area (Å²) in [5.41, 5.74) is 2.44. The van der Waals surface area contributed by atoms with Crippen molar-refractivity contribution in [3.63, 3.8) is 0 Å². The number of benzene rings is 1. The normalized spacial score (nSPS) is 10.5. The Labute approximate surface area is 163 Å². The fraction of sp³-hybridized carbons (Fsp3) is 0.350. The van der Waals surface area contributed by atoms with Gasteiger partial charge < -0.3 is 24.4 Å². The summed E-state index contributed by atoms with van der Waals surface area (Å²) in [5, 5.41) is 22.8. The molecule has 0 aliphatic heterocycles. The molecule has 0 aliphatic rings. The zero-order valence-corrected chi connectivity index (χ0v) is 16.6. The third-order valence-corrected chi connectivity index (χ3v) is 4.49. The maximum Gasteiger partial charge on any atom is 0.344 e. The molecule has 2 N–H and O–H groups in total. The van der Waals surface area contributed by atoms with Gasteiger partial charge in [0.15, 0.2) is 5.57 Å². The van der Waals surface area contributed by atoms with Crippen LogP contribution in [0.25, 0.3) is 11.1 Å². The fourth-order valence-electron chi connectivity index (χ4n) is 3.30. The van der Waals surface area contributed by atoms with Gasteiger partial charge in [0.1, 0.15) is 11.5 Å². The number of aromatic nitrogens is 1. The van der Waals surface area contributed by atoms with Crippen molar-refractivity contribution in [2.75, 3.05) is 18.6 Å². The number of carboxylic acid groups (broad SMARTS) is 2. The molecule has 0 fully saturated rings. The Balaban J connectivity index is 2.72. The number of carbonyl (C=O) groups is 2. The minimum atomic E-state index is -1.47. The van der Waals surface area contributed by atoms with Crippen LogP contribution in [0.4, 0.5) is 5.69 Å². The Hall–Kier alpha value is -3.29. The second-order valence-electron chi connectivity index (χ2n) is 6.11. The number of aryl methyl sites for hydroxylation is 2. The van der Waals surface area contributed by atoms with E-state index in [1.165, 1.54) is 0 Å². The van der Waals surface area contributed by atoms with Gasteiger partial charge >= 0.3 is 11.9 Å². The number of hydrogen-bond acceptors (Lipinski definition) is 6. The van der Waals surface area contributed by atoms with Gasteiger partial charge in [-0.1, -0.05) is 12.1 Å². The number of methoxy groups -OCH3 is 1. The molecule has 1 aromatic heterocycles. The monoisotopic (exact) mass is 388 g/mol. The number of allylic oxidation sites excluding steroid dienone is 1. The largest absolute Gasteiger partial charge is 0.496 e. The van der Waals surface area contributed by atoms with E-state index in [1.807, 2.05) is 19.9 Å². The molecule has 0 spiro atoms. The average Bonchev–Trinajstić information content (AvgIpc) is 2.98. The Morgan fingerprint density at radius 2 is 1.82 bits per heavy atom. The van der Waals surface area contributed by atoms with E-state index < -0.39 is 17.5 Å².